The predicted molar refractivity (Wildman–Crippen MR) is 135 cm³/mol. The van der Waals surface area contributed by atoms with Crippen molar-refractivity contribution in [1.29, 1.82) is 0 Å². The first kappa shape index (κ1) is 30.3. The van der Waals surface area contributed by atoms with Crippen molar-refractivity contribution in [2.24, 2.45) is 41.4 Å². The number of allylic oxidation sites excluding steroid dienone is 1. The third-order valence-electron chi connectivity index (χ3n) is 9.94. The lowest BCUT2D eigenvalue weighted by molar-refractivity contribution is -0.304. The van der Waals surface area contributed by atoms with E-state index >= 15 is 0 Å². The molecule has 11 nitrogen and oxygen atoms in total. The molecular weight excluding hydrogens is 498 g/mol. The molecule has 4 aliphatic carbocycles. The number of aliphatic hydroxyl groups is 9. The highest BCUT2D eigenvalue weighted by Gasteiger charge is 2.66. The van der Waals surface area contributed by atoms with Crippen LogP contribution in [0.4, 0.5) is 0 Å². The molecule has 0 aromatic carbocycles. The normalized spacial score (nSPS) is 47.5. The van der Waals surface area contributed by atoms with Crippen molar-refractivity contribution in [3.05, 3.63) is 12.2 Å². The van der Waals surface area contributed by atoms with Crippen molar-refractivity contribution >= 4 is 0 Å². The summed E-state index contributed by atoms with van der Waals surface area (Å²) in [7, 11) is 3.95. The van der Waals surface area contributed by atoms with Crippen LogP contribution >= 0.6 is 0 Å². The molecule has 11 heteroatoms. The van der Waals surface area contributed by atoms with Gasteiger partial charge < -0.3 is 55.6 Å². The van der Waals surface area contributed by atoms with E-state index in [9.17, 15) is 46.0 Å². The van der Waals surface area contributed by atoms with Gasteiger partial charge in [-0.1, -0.05) is 12.2 Å². The summed E-state index contributed by atoms with van der Waals surface area (Å²) in [5, 5.41) is 96.3. The van der Waals surface area contributed by atoms with Gasteiger partial charge in [-0.25, -0.2) is 0 Å². The fraction of sp³-hybridized carbons (Fsp3) is 0.926. The van der Waals surface area contributed by atoms with Gasteiger partial charge in [-0.2, -0.15) is 0 Å². The lowest BCUT2D eigenvalue weighted by atomic mass is 9.48. The number of fused-ring (bicyclic) bond motifs is 3. The van der Waals surface area contributed by atoms with Crippen LogP contribution in [0.25, 0.3) is 0 Å². The van der Waals surface area contributed by atoms with Gasteiger partial charge in [0.05, 0.1) is 43.0 Å². The maximum Gasteiger partial charge on any atom is 0.159 e. The highest BCUT2D eigenvalue weighted by molar-refractivity contribution is 5.18. The van der Waals surface area contributed by atoms with Gasteiger partial charge in [-0.3, -0.25) is 0 Å². The Morgan fingerprint density at radius 3 is 2.32 bits per heavy atom. The molecule has 0 aromatic heterocycles. The van der Waals surface area contributed by atoms with Crippen LogP contribution in [0, 0.1) is 41.4 Å². The van der Waals surface area contributed by atoms with Crippen LogP contribution in [-0.4, -0.2) is 127 Å². The molecule has 220 valence electrons. The SMILES string of the molecule is CN(C)CCCOC(O)CCC1C=CC(O)C2C(O)C3C(CC12)CC1CC(O)C(C(O)O)C(O)[C@@]1(O)C3O. The molecule has 0 amide bonds. The maximum absolute atomic E-state index is 11.5. The van der Waals surface area contributed by atoms with E-state index in [2.05, 4.69) is 0 Å². The molecule has 0 aromatic rings. The van der Waals surface area contributed by atoms with E-state index in [4.69, 9.17) is 4.74 Å². The largest absolute Gasteiger partial charge is 0.393 e. The van der Waals surface area contributed by atoms with Crippen molar-refractivity contribution in [3.8, 4) is 0 Å². The van der Waals surface area contributed by atoms with Gasteiger partial charge in [0, 0.05) is 11.8 Å². The summed E-state index contributed by atoms with van der Waals surface area (Å²) in [6.07, 6.45) is -3.59. The summed E-state index contributed by atoms with van der Waals surface area (Å²) >= 11 is 0. The predicted octanol–water partition coefficient (Wildman–Crippen LogP) is -2.01. The zero-order valence-corrected chi connectivity index (χ0v) is 22.3. The van der Waals surface area contributed by atoms with E-state index in [0.29, 0.717) is 32.3 Å². The first-order chi connectivity index (χ1) is 17.9. The topological polar surface area (TPSA) is 195 Å². The number of hydrogen-bond donors (Lipinski definition) is 9. The highest BCUT2D eigenvalue weighted by atomic mass is 16.6. The van der Waals surface area contributed by atoms with Crippen LogP contribution in [0.5, 0.6) is 0 Å². The Morgan fingerprint density at radius 1 is 0.947 bits per heavy atom. The van der Waals surface area contributed by atoms with Crippen molar-refractivity contribution in [2.45, 2.75) is 87.2 Å². The van der Waals surface area contributed by atoms with E-state index in [1.165, 1.54) is 0 Å². The van der Waals surface area contributed by atoms with Gasteiger partial charge in [-0.05, 0) is 82.8 Å². The Balaban J connectivity index is 1.46. The van der Waals surface area contributed by atoms with Crippen LogP contribution in [0.1, 0.15) is 38.5 Å². The first-order valence-corrected chi connectivity index (χ1v) is 14.0. The Labute approximate surface area is 224 Å². The Kier molecular flexibility index (Phi) is 9.59. The molecule has 0 aliphatic heterocycles. The van der Waals surface area contributed by atoms with Crippen LogP contribution in [-0.2, 0) is 4.74 Å². The fourth-order valence-corrected chi connectivity index (χ4v) is 8.06. The molecule has 4 aliphatic rings. The second-order valence-corrected chi connectivity index (χ2v) is 12.4. The molecule has 9 N–H and O–H groups in total. The average Bonchev–Trinajstić information content (AvgIpc) is 2.83. The van der Waals surface area contributed by atoms with Gasteiger partial charge in [0.15, 0.2) is 12.6 Å². The van der Waals surface area contributed by atoms with E-state index in [1.807, 2.05) is 25.1 Å². The third-order valence-corrected chi connectivity index (χ3v) is 9.94. The Morgan fingerprint density at radius 2 is 1.66 bits per heavy atom. The fourth-order valence-electron chi connectivity index (χ4n) is 8.06. The first-order valence-electron chi connectivity index (χ1n) is 14.0. The third kappa shape index (κ3) is 5.58. The zero-order chi connectivity index (χ0) is 27.9. The Hall–Kier alpha value is -0.700. The molecule has 3 fully saturated rings. The van der Waals surface area contributed by atoms with Crippen molar-refractivity contribution < 1.29 is 50.7 Å². The standard InChI is InChI=1S/C27H47NO10/c1-28(2)8-3-9-38-19(31)7-5-13-4-6-17(29)21-16(13)11-14-10-15-12-18(30)22(26(35)36)25(34)27(15,37)24(33)20(14)23(21)32/h4,6,13-26,29-37H,3,5,7-12H2,1-2H3/t13?,14?,15?,16?,17?,18?,19?,20?,21?,22?,23?,24?,25?,27-/m0/s1. The molecule has 0 radical (unpaired) electrons. The van der Waals surface area contributed by atoms with Crippen LogP contribution in [0.3, 0.4) is 0 Å². The summed E-state index contributed by atoms with van der Waals surface area (Å²) in [6.45, 7) is 1.30. The molecule has 13 unspecified atom stereocenters. The zero-order valence-electron chi connectivity index (χ0n) is 22.3. The van der Waals surface area contributed by atoms with Gasteiger partial charge in [0.25, 0.3) is 0 Å². The minimum atomic E-state index is -2.13. The molecule has 3 saturated carbocycles. The quantitative estimate of drug-likeness (QED) is 0.0883. The van der Waals surface area contributed by atoms with Crippen molar-refractivity contribution in [3.63, 3.8) is 0 Å². The maximum atomic E-state index is 11.5. The van der Waals surface area contributed by atoms with E-state index < -0.39 is 72.4 Å². The van der Waals surface area contributed by atoms with Crippen molar-refractivity contribution in [1.82, 2.24) is 4.90 Å². The summed E-state index contributed by atoms with van der Waals surface area (Å²) < 4.78 is 5.54. The second-order valence-electron chi connectivity index (χ2n) is 12.4. The molecule has 14 atom stereocenters. The smallest absolute Gasteiger partial charge is 0.159 e. The highest BCUT2D eigenvalue weighted by Crippen LogP contribution is 2.57. The summed E-state index contributed by atoms with van der Waals surface area (Å²) in [5.41, 5.74) is -2.13. The molecule has 0 spiro atoms. The Bertz CT molecular complexity index is 813. The lowest BCUT2D eigenvalue weighted by Crippen LogP contribution is -2.73. The van der Waals surface area contributed by atoms with E-state index in [-0.39, 0.29) is 24.2 Å². The molecule has 4 rings (SSSR count). The summed E-state index contributed by atoms with van der Waals surface area (Å²) in [6, 6.07) is 0. The minimum Gasteiger partial charge on any atom is -0.393 e. The monoisotopic (exact) mass is 545 g/mol. The van der Waals surface area contributed by atoms with Crippen LogP contribution in [0.2, 0.25) is 0 Å². The van der Waals surface area contributed by atoms with Gasteiger partial charge in [0.1, 0.15) is 5.60 Å². The molecule has 38 heavy (non-hydrogen) atoms. The van der Waals surface area contributed by atoms with Gasteiger partial charge in [-0.15, -0.1) is 0 Å². The molecule has 0 bridgehead atoms. The van der Waals surface area contributed by atoms with Crippen LogP contribution < -0.4 is 0 Å². The lowest BCUT2D eigenvalue weighted by Gasteiger charge is -2.61. The van der Waals surface area contributed by atoms with E-state index in [0.717, 1.165) is 13.0 Å². The van der Waals surface area contributed by atoms with Crippen LogP contribution in [0.15, 0.2) is 12.2 Å². The molecule has 0 heterocycles. The second kappa shape index (κ2) is 12.0. The molecule has 0 saturated heterocycles. The van der Waals surface area contributed by atoms with Gasteiger partial charge >= 0.3 is 0 Å². The average molecular weight is 546 g/mol. The number of nitrogens with zero attached hydrogens (tertiary/aromatic N) is 1. The number of rotatable bonds is 9. The summed E-state index contributed by atoms with van der Waals surface area (Å²) in [5.74, 6) is -4.02. The summed E-state index contributed by atoms with van der Waals surface area (Å²) in [4.78, 5) is 2.04. The van der Waals surface area contributed by atoms with Gasteiger partial charge in [0.2, 0.25) is 0 Å². The number of hydrogen-bond acceptors (Lipinski definition) is 11. The van der Waals surface area contributed by atoms with E-state index in [1.54, 1.807) is 6.08 Å². The number of aliphatic hydroxyl groups excluding tert-OH is 7. The van der Waals surface area contributed by atoms with Crippen molar-refractivity contribution in [2.75, 3.05) is 27.2 Å². The number of ether oxygens (including phenoxy) is 1. The minimum absolute atomic E-state index is 0.0242. The molecular formula is C27H47NO10.